The van der Waals surface area contributed by atoms with Crippen LogP contribution in [0.2, 0.25) is 0 Å². The Bertz CT molecular complexity index is 500. The molecular weight excluding hydrogens is 283 g/mol. The van der Waals surface area contributed by atoms with E-state index in [0.717, 1.165) is 19.3 Å². The van der Waals surface area contributed by atoms with Crippen LogP contribution < -0.4 is 0 Å². The van der Waals surface area contributed by atoms with Crippen LogP contribution in [0.15, 0.2) is 29.6 Å². The second kappa shape index (κ2) is 6.27. The van der Waals surface area contributed by atoms with Crippen molar-refractivity contribution in [1.29, 1.82) is 0 Å². The Labute approximate surface area is 123 Å². The SMILES string of the molecule is CCCC(CCl)(CCl)Cc1csc2ccccc12. The van der Waals surface area contributed by atoms with Crippen LogP contribution in [0.3, 0.4) is 0 Å². The van der Waals surface area contributed by atoms with Crippen molar-refractivity contribution in [1.82, 2.24) is 0 Å². The van der Waals surface area contributed by atoms with Crippen LogP contribution in [0.25, 0.3) is 10.1 Å². The minimum atomic E-state index is 0.0434. The van der Waals surface area contributed by atoms with Gasteiger partial charge in [-0.2, -0.15) is 0 Å². The molecular formula is C15H18Cl2S. The second-order valence-electron chi connectivity index (χ2n) is 4.95. The molecule has 1 heterocycles. The summed E-state index contributed by atoms with van der Waals surface area (Å²) in [5.74, 6) is 1.27. The third-order valence-electron chi connectivity index (χ3n) is 3.47. The van der Waals surface area contributed by atoms with E-state index in [1.165, 1.54) is 15.6 Å². The molecule has 0 aliphatic carbocycles. The van der Waals surface area contributed by atoms with Gasteiger partial charge < -0.3 is 0 Å². The summed E-state index contributed by atoms with van der Waals surface area (Å²) in [6.45, 7) is 2.19. The summed E-state index contributed by atoms with van der Waals surface area (Å²) in [5.41, 5.74) is 1.44. The van der Waals surface area contributed by atoms with Crippen molar-refractivity contribution < 1.29 is 0 Å². The van der Waals surface area contributed by atoms with Crippen molar-refractivity contribution in [2.24, 2.45) is 5.41 Å². The standard InChI is InChI=1S/C15H18Cl2S/c1-2-7-15(10-16,11-17)8-12-9-18-14-6-4-3-5-13(12)14/h3-6,9H,2,7-8,10-11H2,1H3. The van der Waals surface area contributed by atoms with Crippen LogP contribution in [0, 0.1) is 5.41 Å². The van der Waals surface area contributed by atoms with Crippen molar-refractivity contribution in [3.05, 3.63) is 35.2 Å². The number of alkyl halides is 2. The molecule has 1 aromatic heterocycles. The van der Waals surface area contributed by atoms with Gasteiger partial charge in [-0.15, -0.1) is 34.5 Å². The van der Waals surface area contributed by atoms with E-state index >= 15 is 0 Å². The number of hydrogen-bond acceptors (Lipinski definition) is 1. The van der Waals surface area contributed by atoms with Gasteiger partial charge in [0.1, 0.15) is 0 Å². The summed E-state index contributed by atoms with van der Waals surface area (Å²) in [7, 11) is 0. The molecule has 3 heteroatoms. The maximum absolute atomic E-state index is 6.19. The van der Waals surface area contributed by atoms with E-state index in [1.54, 1.807) is 0 Å². The first-order valence-electron chi connectivity index (χ1n) is 6.32. The predicted molar refractivity (Wildman–Crippen MR) is 84.3 cm³/mol. The van der Waals surface area contributed by atoms with Gasteiger partial charge in [0.25, 0.3) is 0 Å². The van der Waals surface area contributed by atoms with E-state index in [2.05, 4.69) is 36.6 Å². The first kappa shape index (κ1) is 14.2. The molecule has 0 N–H and O–H groups in total. The van der Waals surface area contributed by atoms with Crippen molar-refractivity contribution in [2.75, 3.05) is 11.8 Å². The molecule has 0 saturated carbocycles. The number of thiophene rings is 1. The van der Waals surface area contributed by atoms with E-state index in [4.69, 9.17) is 23.2 Å². The molecule has 0 aliphatic heterocycles. The predicted octanol–water partition coefficient (Wildman–Crippen LogP) is 5.71. The average molecular weight is 301 g/mol. The van der Waals surface area contributed by atoms with Crippen LogP contribution in [-0.2, 0) is 6.42 Å². The van der Waals surface area contributed by atoms with Gasteiger partial charge in [-0.3, -0.25) is 0 Å². The third-order valence-corrected chi connectivity index (χ3v) is 5.62. The maximum Gasteiger partial charge on any atom is 0.0345 e. The Morgan fingerprint density at radius 3 is 2.56 bits per heavy atom. The van der Waals surface area contributed by atoms with E-state index < -0.39 is 0 Å². The molecule has 0 nitrogen and oxygen atoms in total. The zero-order chi connectivity index (χ0) is 13.0. The normalized spacial score (nSPS) is 12.2. The summed E-state index contributed by atoms with van der Waals surface area (Å²) < 4.78 is 1.35. The number of hydrogen-bond donors (Lipinski definition) is 0. The number of halogens is 2. The zero-order valence-electron chi connectivity index (χ0n) is 10.6. The highest BCUT2D eigenvalue weighted by Gasteiger charge is 2.28. The first-order chi connectivity index (χ1) is 8.74. The molecule has 0 aliphatic rings. The molecule has 18 heavy (non-hydrogen) atoms. The summed E-state index contributed by atoms with van der Waals surface area (Å²) in [5, 5.41) is 3.62. The number of fused-ring (bicyclic) bond motifs is 1. The minimum Gasteiger partial charge on any atom is -0.144 e. The van der Waals surface area contributed by atoms with Gasteiger partial charge in [-0.25, -0.2) is 0 Å². The van der Waals surface area contributed by atoms with Gasteiger partial charge in [0.2, 0.25) is 0 Å². The third kappa shape index (κ3) is 2.84. The Balaban J connectivity index is 2.31. The maximum atomic E-state index is 6.19. The highest BCUT2D eigenvalue weighted by molar-refractivity contribution is 7.17. The Morgan fingerprint density at radius 2 is 1.89 bits per heavy atom. The molecule has 98 valence electrons. The van der Waals surface area contributed by atoms with E-state index in [0.29, 0.717) is 11.8 Å². The lowest BCUT2D eigenvalue weighted by atomic mass is 9.81. The lowest BCUT2D eigenvalue weighted by molar-refractivity contribution is 0.342. The van der Waals surface area contributed by atoms with Crippen molar-refractivity contribution in [2.45, 2.75) is 26.2 Å². The van der Waals surface area contributed by atoms with Gasteiger partial charge in [0.05, 0.1) is 0 Å². The largest absolute Gasteiger partial charge is 0.144 e. The zero-order valence-corrected chi connectivity index (χ0v) is 12.9. The lowest BCUT2D eigenvalue weighted by Gasteiger charge is -2.29. The van der Waals surface area contributed by atoms with Crippen LogP contribution in [0.4, 0.5) is 0 Å². The van der Waals surface area contributed by atoms with Crippen molar-refractivity contribution in [3.63, 3.8) is 0 Å². The van der Waals surface area contributed by atoms with Gasteiger partial charge in [-0.05, 0) is 35.2 Å². The Hall–Kier alpha value is -0.240. The molecule has 0 saturated heterocycles. The number of rotatable bonds is 6. The molecule has 0 fully saturated rings. The Morgan fingerprint density at radius 1 is 1.17 bits per heavy atom. The summed E-state index contributed by atoms with van der Waals surface area (Å²) >= 11 is 14.2. The fraction of sp³-hybridized carbons (Fsp3) is 0.467. The lowest BCUT2D eigenvalue weighted by Crippen LogP contribution is -2.27. The van der Waals surface area contributed by atoms with Gasteiger partial charge in [0.15, 0.2) is 0 Å². The van der Waals surface area contributed by atoms with Crippen LogP contribution in [-0.4, -0.2) is 11.8 Å². The van der Waals surface area contributed by atoms with Crippen LogP contribution in [0.5, 0.6) is 0 Å². The van der Waals surface area contributed by atoms with Crippen molar-refractivity contribution >= 4 is 44.6 Å². The van der Waals surface area contributed by atoms with Gasteiger partial charge in [-0.1, -0.05) is 31.5 Å². The summed E-state index contributed by atoms with van der Waals surface area (Å²) in [6.07, 6.45) is 3.20. The van der Waals surface area contributed by atoms with Gasteiger partial charge >= 0.3 is 0 Å². The first-order valence-corrected chi connectivity index (χ1v) is 8.26. The topological polar surface area (TPSA) is 0 Å². The minimum absolute atomic E-state index is 0.0434. The fourth-order valence-corrected chi connectivity index (χ4v) is 4.16. The molecule has 1 aromatic carbocycles. The molecule has 0 unspecified atom stereocenters. The molecule has 0 spiro atoms. The fourth-order valence-electron chi connectivity index (χ4n) is 2.46. The van der Waals surface area contributed by atoms with Crippen LogP contribution >= 0.6 is 34.5 Å². The molecule has 2 rings (SSSR count). The highest BCUT2D eigenvalue weighted by atomic mass is 35.5. The Kier molecular flexibility index (Phi) is 4.94. The summed E-state index contributed by atoms with van der Waals surface area (Å²) in [4.78, 5) is 0. The monoisotopic (exact) mass is 300 g/mol. The molecule has 0 bridgehead atoms. The molecule has 0 atom stereocenters. The van der Waals surface area contributed by atoms with E-state index in [9.17, 15) is 0 Å². The van der Waals surface area contributed by atoms with E-state index in [-0.39, 0.29) is 5.41 Å². The average Bonchev–Trinajstić information content (AvgIpc) is 2.81. The smallest absolute Gasteiger partial charge is 0.0345 e. The van der Waals surface area contributed by atoms with E-state index in [1.807, 2.05) is 11.3 Å². The van der Waals surface area contributed by atoms with Crippen LogP contribution in [0.1, 0.15) is 25.3 Å². The second-order valence-corrected chi connectivity index (χ2v) is 6.40. The number of benzene rings is 1. The molecule has 0 amide bonds. The quantitative estimate of drug-likeness (QED) is 0.600. The molecule has 0 radical (unpaired) electrons. The van der Waals surface area contributed by atoms with Gasteiger partial charge in [0, 0.05) is 21.9 Å². The molecule has 2 aromatic rings. The summed E-state index contributed by atoms with van der Waals surface area (Å²) in [6, 6.07) is 8.55. The van der Waals surface area contributed by atoms with Crippen molar-refractivity contribution in [3.8, 4) is 0 Å². The highest BCUT2D eigenvalue weighted by Crippen LogP contribution is 2.36.